The predicted octanol–water partition coefficient (Wildman–Crippen LogP) is 1.51. The fourth-order valence-electron chi connectivity index (χ4n) is 1.44. The number of anilines is 1. The maximum atomic E-state index is 10.9. The Labute approximate surface area is 91.5 Å². The second-order valence-electron chi connectivity index (χ2n) is 3.60. The predicted molar refractivity (Wildman–Crippen MR) is 60.6 cm³/mol. The first-order chi connectivity index (χ1) is 7.65. The van der Waals surface area contributed by atoms with Crippen molar-refractivity contribution in [2.45, 2.75) is 13.3 Å². The van der Waals surface area contributed by atoms with Gasteiger partial charge in [0, 0.05) is 24.7 Å². The lowest BCUT2D eigenvalue weighted by Gasteiger charge is -2.03. The zero-order valence-electron chi connectivity index (χ0n) is 8.87. The van der Waals surface area contributed by atoms with Gasteiger partial charge in [-0.3, -0.25) is 9.78 Å². The van der Waals surface area contributed by atoms with Gasteiger partial charge < -0.3 is 9.73 Å². The summed E-state index contributed by atoms with van der Waals surface area (Å²) in [6, 6.07) is 5.32. The van der Waals surface area contributed by atoms with E-state index in [4.69, 9.17) is 4.42 Å². The fourth-order valence-corrected chi connectivity index (χ4v) is 1.44. The minimum atomic E-state index is -0.462. The Morgan fingerprint density at radius 3 is 3.06 bits per heavy atom. The van der Waals surface area contributed by atoms with Gasteiger partial charge in [-0.25, -0.2) is 4.79 Å². The highest BCUT2D eigenvalue weighted by molar-refractivity contribution is 5.78. The van der Waals surface area contributed by atoms with E-state index in [0.29, 0.717) is 24.1 Å². The number of aromatic amines is 1. The Hall–Kier alpha value is -2.04. The van der Waals surface area contributed by atoms with Gasteiger partial charge in [-0.1, -0.05) is 0 Å². The minimum absolute atomic E-state index is 0.141. The Bertz CT molecular complexity index is 568. The number of H-pyrrole nitrogens is 1. The molecular weight excluding hydrogens is 208 g/mol. The van der Waals surface area contributed by atoms with Crippen LogP contribution in [0.5, 0.6) is 0 Å². The van der Waals surface area contributed by atoms with Crippen molar-refractivity contribution >= 4 is 22.6 Å². The summed E-state index contributed by atoms with van der Waals surface area (Å²) >= 11 is 0. The molecule has 0 saturated heterocycles. The average molecular weight is 220 g/mol. The van der Waals surface area contributed by atoms with E-state index >= 15 is 0 Å². The molecule has 5 nitrogen and oxygen atoms in total. The molecular formula is C11H12N2O3. The van der Waals surface area contributed by atoms with Gasteiger partial charge in [0.1, 0.15) is 5.78 Å². The third-order valence-corrected chi connectivity index (χ3v) is 2.23. The number of carbonyl (C=O) groups excluding carboxylic acids is 1. The van der Waals surface area contributed by atoms with E-state index in [1.807, 2.05) is 6.07 Å². The smallest absolute Gasteiger partial charge is 0.408 e. The number of hydrogen-bond acceptors (Lipinski definition) is 4. The molecule has 0 spiro atoms. The van der Waals surface area contributed by atoms with E-state index in [-0.39, 0.29) is 5.78 Å². The Morgan fingerprint density at radius 1 is 1.50 bits per heavy atom. The molecule has 0 aliphatic rings. The largest absolute Gasteiger partial charge is 0.417 e. The number of Topliss-reactive ketones (excluding diaryl/α,β-unsaturated/α-hetero) is 1. The number of aromatic nitrogens is 1. The number of ketones is 1. The molecule has 2 aromatic rings. The molecule has 2 rings (SSSR count). The van der Waals surface area contributed by atoms with Gasteiger partial charge in [0.25, 0.3) is 0 Å². The summed E-state index contributed by atoms with van der Waals surface area (Å²) in [5.74, 6) is -0.322. The second kappa shape index (κ2) is 4.22. The van der Waals surface area contributed by atoms with E-state index in [2.05, 4.69) is 10.3 Å². The van der Waals surface area contributed by atoms with Crippen LogP contribution in [0.4, 0.5) is 5.69 Å². The molecule has 5 heteroatoms. The maximum Gasteiger partial charge on any atom is 0.417 e. The monoisotopic (exact) mass is 220 g/mol. The SMILES string of the molecule is CC(=O)CCNc1ccc2[nH]c(=O)oc2c1. The number of nitrogens with one attached hydrogen (secondary N) is 2. The molecule has 0 aliphatic carbocycles. The minimum Gasteiger partial charge on any atom is -0.408 e. The number of carbonyl (C=O) groups is 1. The van der Waals surface area contributed by atoms with E-state index in [9.17, 15) is 9.59 Å². The molecule has 0 amide bonds. The van der Waals surface area contributed by atoms with Crippen molar-refractivity contribution in [1.29, 1.82) is 0 Å². The molecule has 0 fully saturated rings. The summed E-state index contributed by atoms with van der Waals surface area (Å²) in [7, 11) is 0. The average Bonchev–Trinajstić information content (AvgIpc) is 2.56. The van der Waals surface area contributed by atoms with Crippen LogP contribution in [0, 0.1) is 0 Å². The lowest BCUT2D eigenvalue weighted by atomic mass is 10.2. The summed E-state index contributed by atoms with van der Waals surface area (Å²) in [5, 5.41) is 3.08. The quantitative estimate of drug-likeness (QED) is 0.819. The lowest BCUT2D eigenvalue weighted by molar-refractivity contribution is -0.116. The summed E-state index contributed by atoms with van der Waals surface area (Å²) in [6.45, 7) is 2.13. The zero-order chi connectivity index (χ0) is 11.5. The summed E-state index contributed by atoms with van der Waals surface area (Å²) in [5.41, 5.74) is 2.01. The first kappa shape index (κ1) is 10.5. The Morgan fingerprint density at radius 2 is 2.31 bits per heavy atom. The molecule has 1 heterocycles. The van der Waals surface area contributed by atoms with Crippen LogP contribution in [0.15, 0.2) is 27.4 Å². The normalized spacial score (nSPS) is 10.6. The van der Waals surface area contributed by atoms with Crippen LogP contribution in [0.1, 0.15) is 13.3 Å². The van der Waals surface area contributed by atoms with Gasteiger partial charge in [0.15, 0.2) is 5.58 Å². The standard InChI is InChI=1S/C11H12N2O3/c1-7(14)4-5-12-8-2-3-9-10(6-8)16-11(15)13-9/h2-3,6,12H,4-5H2,1H3,(H,13,15). The Kier molecular flexibility index (Phi) is 2.76. The van der Waals surface area contributed by atoms with E-state index in [1.54, 1.807) is 19.1 Å². The number of benzene rings is 1. The third kappa shape index (κ3) is 2.31. The topological polar surface area (TPSA) is 75.1 Å². The highest BCUT2D eigenvalue weighted by Gasteiger charge is 2.01. The van der Waals surface area contributed by atoms with Crippen LogP contribution in [-0.2, 0) is 4.79 Å². The van der Waals surface area contributed by atoms with Crippen LogP contribution >= 0.6 is 0 Å². The highest BCUT2D eigenvalue weighted by Crippen LogP contribution is 2.15. The van der Waals surface area contributed by atoms with Crippen LogP contribution in [0.2, 0.25) is 0 Å². The summed E-state index contributed by atoms with van der Waals surface area (Å²) in [4.78, 5) is 24.2. The molecule has 2 N–H and O–H groups in total. The van der Waals surface area contributed by atoms with Gasteiger partial charge in [-0.05, 0) is 19.1 Å². The molecule has 84 valence electrons. The van der Waals surface area contributed by atoms with Gasteiger partial charge in [-0.2, -0.15) is 0 Å². The van der Waals surface area contributed by atoms with E-state index in [0.717, 1.165) is 5.69 Å². The van der Waals surface area contributed by atoms with Gasteiger partial charge in [-0.15, -0.1) is 0 Å². The van der Waals surface area contributed by atoms with Crippen LogP contribution in [0.25, 0.3) is 11.1 Å². The van der Waals surface area contributed by atoms with Crippen molar-refractivity contribution in [2.24, 2.45) is 0 Å². The molecule has 0 unspecified atom stereocenters. The summed E-state index contributed by atoms with van der Waals surface area (Å²) < 4.78 is 4.92. The zero-order valence-corrected chi connectivity index (χ0v) is 8.87. The van der Waals surface area contributed by atoms with Gasteiger partial charge >= 0.3 is 5.76 Å². The first-order valence-electron chi connectivity index (χ1n) is 5.01. The Balaban J connectivity index is 2.13. The van der Waals surface area contributed by atoms with E-state index < -0.39 is 5.76 Å². The number of rotatable bonds is 4. The van der Waals surface area contributed by atoms with Crippen molar-refractivity contribution in [1.82, 2.24) is 4.98 Å². The number of oxazole rings is 1. The van der Waals surface area contributed by atoms with Crippen LogP contribution in [-0.4, -0.2) is 17.3 Å². The molecule has 0 saturated carbocycles. The highest BCUT2D eigenvalue weighted by atomic mass is 16.4. The summed E-state index contributed by atoms with van der Waals surface area (Å²) in [6.07, 6.45) is 0.481. The number of hydrogen-bond donors (Lipinski definition) is 2. The first-order valence-corrected chi connectivity index (χ1v) is 5.01. The van der Waals surface area contributed by atoms with Crippen LogP contribution in [0.3, 0.4) is 0 Å². The van der Waals surface area contributed by atoms with Crippen LogP contribution < -0.4 is 11.1 Å². The third-order valence-electron chi connectivity index (χ3n) is 2.23. The van der Waals surface area contributed by atoms with Crippen molar-refractivity contribution < 1.29 is 9.21 Å². The number of fused-ring (bicyclic) bond motifs is 1. The molecule has 16 heavy (non-hydrogen) atoms. The van der Waals surface area contributed by atoms with Gasteiger partial charge in [0.05, 0.1) is 5.52 Å². The maximum absolute atomic E-state index is 10.9. The molecule has 0 bridgehead atoms. The van der Waals surface area contributed by atoms with Gasteiger partial charge in [0.2, 0.25) is 0 Å². The molecule has 0 aliphatic heterocycles. The molecule has 1 aromatic heterocycles. The van der Waals surface area contributed by atoms with Crippen molar-refractivity contribution in [2.75, 3.05) is 11.9 Å². The van der Waals surface area contributed by atoms with Crippen molar-refractivity contribution in [3.63, 3.8) is 0 Å². The van der Waals surface area contributed by atoms with Crippen molar-refractivity contribution in [3.05, 3.63) is 28.7 Å². The molecule has 0 radical (unpaired) electrons. The van der Waals surface area contributed by atoms with Crippen molar-refractivity contribution in [3.8, 4) is 0 Å². The molecule has 0 atom stereocenters. The second-order valence-corrected chi connectivity index (χ2v) is 3.60. The molecule has 1 aromatic carbocycles. The lowest BCUT2D eigenvalue weighted by Crippen LogP contribution is -2.05. The van der Waals surface area contributed by atoms with E-state index in [1.165, 1.54) is 0 Å². The fraction of sp³-hybridized carbons (Fsp3) is 0.273.